The van der Waals surface area contributed by atoms with Crippen molar-refractivity contribution in [3.05, 3.63) is 28.3 Å². The van der Waals surface area contributed by atoms with Gasteiger partial charge in [-0.25, -0.2) is 0 Å². The summed E-state index contributed by atoms with van der Waals surface area (Å²) in [5.41, 5.74) is -0.243. The second-order valence-corrected chi connectivity index (χ2v) is 6.64. The molecule has 0 spiro atoms. The summed E-state index contributed by atoms with van der Waals surface area (Å²) in [6.07, 6.45) is 3.09. The van der Waals surface area contributed by atoms with E-state index in [-0.39, 0.29) is 53.8 Å². The first-order chi connectivity index (χ1) is 12.9. The van der Waals surface area contributed by atoms with Gasteiger partial charge in [0.2, 0.25) is 11.8 Å². The number of methoxy groups -OCH3 is 1. The fourth-order valence-electron chi connectivity index (χ4n) is 3.69. The number of hydrogen-bond donors (Lipinski definition) is 0. The molecule has 1 aliphatic heterocycles. The zero-order valence-electron chi connectivity index (χ0n) is 14.9. The van der Waals surface area contributed by atoms with E-state index in [1.807, 2.05) is 0 Å². The predicted molar refractivity (Wildman–Crippen MR) is 92.1 cm³/mol. The lowest BCUT2D eigenvalue weighted by atomic mass is 9.81. The monoisotopic (exact) mass is 376 g/mol. The molecule has 3 rings (SSSR count). The Balaban J connectivity index is 1.63. The summed E-state index contributed by atoms with van der Waals surface area (Å²) in [6, 6.07) is 3.66. The molecule has 9 heteroatoms. The highest BCUT2D eigenvalue weighted by Crippen LogP contribution is 2.38. The zero-order valence-corrected chi connectivity index (χ0v) is 14.9. The molecule has 1 aliphatic carbocycles. The van der Waals surface area contributed by atoms with Crippen LogP contribution in [-0.4, -0.2) is 41.3 Å². The molecule has 1 aromatic rings. The van der Waals surface area contributed by atoms with E-state index in [2.05, 4.69) is 0 Å². The Kier molecular flexibility index (Phi) is 5.38. The number of carbonyl (C=O) groups excluding carboxylic acids is 3. The number of nitro groups is 1. The SMILES string of the molecule is COc1ccc([N+](=O)[O-])cc1OC(=O)CCN1C(=O)[C@@H]2CCCC[C@H]2C1=O. The summed E-state index contributed by atoms with van der Waals surface area (Å²) < 4.78 is 10.2. The van der Waals surface area contributed by atoms with E-state index in [1.165, 1.54) is 19.2 Å². The maximum absolute atomic E-state index is 12.4. The third kappa shape index (κ3) is 3.76. The normalized spacial score (nSPS) is 21.7. The van der Waals surface area contributed by atoms with Crippen LogP contribution >= 0.6 is 0 Å². The van der Waals surface area contributed by atoms with Gasteiger partial charge in [0.1, 0.15) is 0 Å². The van der Waals surface area contributed by atoms with Crippen LogP contribution < -0.4 is 9.47 Å². The second kappa shape index (κ2) is 7.73. The Morgan fingerprint density at radius 2 is 1.81 bits per heavy atom. The Hall–Kier alpha value is -2.97. The van der Waals surface area contributed by atoms with Gasteiger partial charge in [-0.3, -0.25) is 29.4 Å². The van der Waals surface area contributed by atoms with Crippen molar-refractivity contribution in [3.63, 3.8) is 0 Å². The molecule has 1 heterocycles. The van der Waals surface area contributed by atoms with Crippen molar-refractivity contribution in [2.75, 3.05) is 13.7 Å². The highest BCUT2D eigenvalue weighted by atomic mass is 16.6. The minimum Gasteiger partial charge on any atom is -0.493 e. The van der Waals surface area contributed by atoms with Gasteiger partial charge in [0.25, 0.3) is 5.69 Å². The first-order valence-electron chi connectivity index (χ1n) is 8.80. The number of fused-ring (bicyclic) bond motifs is 1. The highest BCUT2D eigenvalue weighted by Gasteiger charge is 2.47. The molecule has 9 nitrogen and oxygen atoms in total. The topological polar surface area (TPSA) is 116 Å². The van der Waals surface area contributed by atoms with Gasteiger partial charge in [-0.2, -0.15) is 0 Å². The van der Waals surface area contributed by atoms with E-state index in [4.69, 9.17) is 9.47 Å². The van der Waals surface area contributed by atoms with E-state index in [1.54, 1.807) is 0 Å². The van der Waals surface area contributed by atoms with Gasteiger partial charge in [0.15, 0.2) is 11.5 Å². The van der Waals surface area contributed by atoms with Crippen molar-refractivity contribution >= 4 is 23.5 Å². The van der Waals surface area contributed by atoms with Crippen molar-refractivity contribution in [3.8, 4) is 11.5 Å². The van der Waals surface area contributed by atoms with Crippen molar-refractivity contribution in [2.45, 2.75) is 32.1 Å². The molecule has 0 N–H and O–H groups in total. The Bertz CT molecular complexity index is 768. The predicted octanol–water partition coefficient (Wildman–Crippen LogP) is 2.07. The van der Waals surface area contributed by atoms with Crippen molar-refractivity contribution < 1.29 is 28.8 Å². The lowest BCUT2D eigenvalue weighted by Gasteiger charge is -2.19. The first kappa shape index (κ1) is 18.8. The molecule has 2 aliphatic rings. The smallest absolute Gasteiger partial charge is 0.313 e. The molecule has 27 heavy (non-hydrogen) atoms. The Morgan fingerprint density at radius 1 is 1.19 bits per heavy atom. The van der Waals surface area contributed by atoms with E-state index in [9.17, 15) is 24.5 Å². The van der Waals surface area contributed by atoms with Gasteiger partial charge < -0.3 is 9.47 Å². The maximum atomic E-state index is 12.4. The molecular weight excluding hydrogens is 356 g/mol. The summed E-state index contributed by atoms with van der Waals surface area (Å²) in [4.78, 5) is 48.4. The summed E-state index contributed by atoms with van der Waals surface area (Å²) in [5.74, 6) is -1.57. The van der Waals surface area contributed by atoms with Crippen LogP contribution in [0.3, 0.4) is 0 Å². The van der Waals surface area contributed by atoms with Crippen LogP contribution in [0.2, 0.25) is 0 Å². The van der Waals surface area contributed by atoms with E-state index in [0.717, 1.165) is 23.8 Å². The van der Waals surface area contributed by atoms with Gasteiger partial charge in [0.05, 0.1) is 36.4 Å². The van der Waals surface area contributed by atoms with Gasteiger partial charge >= 0.3 is 5.97 Å². The molecule has 144 valence electrons. The summed E-state index contributed by atoms with van der Waals surface area (Å²) >= 11 is 0. The van der Waals surface area contributed by atoms with Crippen LogP contribution in [0.15, 0.2) is 18.2 Å². The molecule has 2 amide bonds. The van der Waals surface area contributed by atoms with Crippen LogP contribution in [0.4, 0.5) is 5.69 Å². The number of rotatable bonds is 6. The number of imide groups is 1. The number of amides is 2. The number of hydrogen-bond acceptors (Lipinski definition) is 7. The summed E-state index contributed by atoms with van der Waals surface area (Å²) in [5, 5.41) is 10.9. The average Bonchev–Trinajstić information content (AvgIpc) is 2.91. The van der Waals surface area contributed by atoms with Crippen LogP contribution in [0, 0.1) is 22.0 Å². The second-order valence-electron chi connectivity index (χ2n) is 6.64. The van der Waals surface area contributed by atoms with Gasteiger partial charge in [-0.1, -0.05) is 12.8 Å². The van der Waals surface area contributed by atoms with Crippen molar-refractivity contribution in [2.24, 2.45) is 11.8 Å². The molecule has 2 fully saturated rings. The summed E-state index contributed by atoms with van der Waals surface area (Å²) in [6.45, 7) is -0.0548. The molecule has 0 aromatic heterocycles. The molecular formula is C18H20N2O7. The molecule has 0 bridgehead atoms. The van der Waals surface area contributed by atoms with Crippen LogP contribution in [0.1, 0.15) is 32.1 Å². The quantitative estimate of drug-likeness (QED) is 0.245. The average molecular weight is 376 g/mol. The lowest BCUT2D eigenvalue weighted by molar-refractivity contribution is -0.384. The molecule has 1 aromatic carbocycles. The van der Waals surface area contributed by atoms with Crippen LogP contribution in [-0.2, 0) is 14.4 Å². The molecule has 0 unspecified atom stereocenters. The minimum atomic E-state index is -0.704. The van der Waals surface area contributed by atoms with E-state index >= 15 is 0 Å². The van der Waals surface area contributed by atoms with Gasteiger partial charge in [-0.15, -0.1) is 0 Å². The number of likely N-dealkylation sites (tertiary alicyclic amines) is 1. The maximum Gasteiger partial charge on any atom is 0.313 e. The number of carbonyl (C=O) groups is 3. The fourth-order valence-corrected chi connectivity index (χ4v) is 3.69. The lowest BCUT2D eigenvalue weighted by Crippen LogP contribution is -2.33. The van der Waals surface area contributed by atoms with Gasteiger partial charge in [-0.05, 0) is 18.9 Å². The van der Waals surface area contributed by atoms with E-state index < -0.39 is 10.9 Å². The third-order valence-electron chi connectivity index (χ3n) is 5.05. The molecule has 1 saturated carbocycles. The molecule has 2 atom stereocenters. The largest absolute Gasteiger partial charge is 0.493 e. The number of ether oxygens (including phenoxy) is 2. The number of benzene rings is 1. The van der Waals surface area contributed by atoms with Crippen LogP contribution in [0.5, 0.6) is 11.5 Å². The number of esters is 1. The molecule has 0 radical (unpaired) electrons. The number of non-ortho nitro benzene ring substituents is 1. The Morgan fingerprint density at radius 3 is 2.37 bits per heavy atom. The Labute approximate surface area is 155 Å². The fraction of sp³-hybridized carbons (Fsp3) is 0.500. The summed E-state index contributed by atoms with van der Waals surface area (Å²) in [7, 11) is 1.35. The standard InChI is InChI=1S/C18H20N2O7/c1-26-14-7-6-11(20(24)25)10-15(14)27-16(21)8-9-19-17(22)12-4-2-3-5-13(12)18(19)23/h6-7,10,12-13H,2-5,8-9H2,1H3/t12-,13-/m1/s1. The van der Waals surface area contributed by atoms with Crippen LogP contribution in [0.25, 0.3) is 0 Å². The van der Waals surface area contributed by atoms with Crippen molar-refractivity contribution in [1.82, 2.24) is 4.90 Å². The first-order valence-corrected chi connectivity index (χ1v) is 8.80. The number of nitrogens with zero attached hydrogens (tertiary/aromatic N) is 2. The zero-order chi connectivity index (χ0) is 19.6. The van der Waals surface area contributed by atoms with E-state index in [0.29, 0.717) is 12.8 Å². The minimum absolute atomic E-state index is 0.0548. The number of nitro benzene ring substituents is 1. The van der Waals surface area contributed by atoms with Crippen molar-refractivity contribution in [1.29, 1.82) is 0 Å². The molecule has 1 saturated heterocycles. The van der Waals surface area contributed by atoms with Gasteiger partial charge in [0, 0.05) is 12.6 Å². The highest BCUT2D eigenvalue weighted by molar-refractivity contribution is 6.05. The third-order valence-corrected chi connectivity index (χ3v) is 5.05.